The van der Waals surface area contributed by atoms with E-state index in [2.05, 4.69) is 0 Å². The quantitative estimate of drug-likeness (QED) is 0.497. The molecule has 0 aliphatic carbocycles. The number of benzene rings is 1. The van der Waals surface area contributed by atoms with Crippen LogP contribution in [0.3, 0.4) is 0 Å². The van der Waals surface area contributed by atoms with Crippen LogP contribution in [0, 0.1) is 0 Å². The minimum atomic E-state index is -1.83. The molecule has 4 N–H and O–H groups in total. The van der Waals surface area contributed by atoms with E-state index in [9.17, 15) is 24.9 Å². The first-order valence-electron chi connectivity index (χ1n) is 7.53. The second-order valence-electron chi connectivity index (χ2n) is 5.65. The smallest absolute Gasteiger partial charge is 0.336 e. The Kier molecular flexibility index (Phi) is 4.83. The maximum absolute atomic E-state index is 11.4. The molecule has 140 valence electrons. The van der Waals surface area contributed by atoms with Crippen molar-refractivity contribution in [1.29, 1.82) is 0 Å². The minimum absolute atomic E-state index is 0.0221. The van der Waals surface area contributed by atoms with Gasteiger partial charge in [-0.25, -0.2) is 9.59 Å². The Bertz CT molecular complexity index is 875. The Morgan fingerprint density at radius 2 is 1.81 bits per heavy atom. The van der Waals surface area contributed by atoms with Crippen molar-refractivity contribution in [2.24, 2.45) is 0 Å². The second-order valence-corrected chi connectivity index (χ2v) is 5.65. The highest BCUT2D eigenvalue weighted by Crippen LogP contribution is 2.34. The van der Waals surface area contributed by atoms with Crippen LogP contribution < -0.4 is 15.1 Å². The summed E-state index contributed by atoms with van der Waals surface area (Å²) in [7, 11) is 1.35. The van der Waals surface area contributed by atoms with Crippen LogP contribution in [0.1, 0.15) is 0 Å². The molecule has 5 atom stereocenters. The molecule has 1 aromatic heterocycles. The summed E-state index contributed by atoms with van der Waals surface area (Å²) in [6, 6.07) is 5.55. The van der Waals surface area contributed by atoms with Crippen LogP contribution >= 0.6 is 0 Å². The second kappa shape index (κ2) is 6.92. The van der Waals surface area contributed by atoms with E-state index >= 15 is 0 Å². The molecule has 1 aliphatic heterocycles. The normalized spacial score (nSPS) is 28.7. The number of aliphatic hydroxyl groups excluding tert-OH is 3. The van der Waals surface area contributed by atoms with Crippen molar-refractivity contribution in [3.63, 3.8) is 0 Å². The predicted molar refractivity (Wildman–Crippen MR) is 84.0 cm³/mol. The number of rotatable bonds is 4. The maximum Gasteiger partial charge on any atom is 0.336 e. The SMILES string of the molecule is COc1cc2ccc(=O)oc2cc1O[C@@H]1O[C@H](C(=O)O)[C@@H](O)[C@H](O)[C@@H]1O. The molecule has 0 bridgehead atoms. The average molecular weight is 368 g/mol. The van der Waals surface area contributed by atoms with Gasteiger partial charge >= 0.3 is 11.6 Å². The summed E-state index contributed by atoms with van der Waals surface area (Å²) >= 11 is 0. The molecule has 0 amide bonds. The molecule has 1 aliphatic rings. The number of ether oxygens (including phenoxy) is 3. The molecule has 26 heavy (non-hydrogen) atoms. The summed E-state index contributed by atoms with van der Waals surface area (Å²) in [6.45, 7) is 0. The highest BCUT2D eigenvalue weighted by atomic mass is 16.7. The zero-order valence-corrected chi connectivity index (χ0v) is 13.4. The van der Waals surface area contributed by atoms with Crippen molar-refractivity contribution in [2.75, 3.05) is 7.11 Å². The fourth-order valence-electron chi connectivity index (χ4n) is 2.60. The van der Waals surface area contributed by atoms with Crippen molar-refractivity contribution < 1.29 is 43.8 Å². The highest BCUT2D eigenvalue weighted by molar-refractivity contribution is 5.80. The zero-order valence-electron chi connectivity index (χ0n) is 13.4. The number of methoxy groups -OCH3 is 1. The van der Waals surface area contributed by atoms with Gasteiger partial charge in [0.15, 0.2) is 17.6 Å². The van der Waals surface area contributed by atoms with Crippen LogP contribution in [0.15, 0.2) is 33.5 Å². The third-order valence-corrected chi connectivity index (χ3v) is 3.96. The van der Waals surface area contributed by atoms with Crippen LogP contribution in [-0.2, 0) is 9.53 Å². The number of carboxylic acid groups (broad SMARTS) is 1. The first-order chi connectivity index (χ1) is 12.3. The van der Waals surface area contributed by atoms with E-state index in [1.807, 2.05) is 0 Å². The van der Waals surface area contributed by atoms with E-state index in [-0.39, 0.29) is 17.1 Å². The van der Waals surface area contributed by atoms with Gasteiger partial charge in [-0.3, -0.25) is 0 Å². The lowest BCUT2D eigenvalue weighted by Gasteiger charge is -2.38. The number of carbonyl (C=O) groups is 1. The van der Waals surface area contributed by atoms with E-state index in [0.717, 1.165) is 0 Å². The fourth-order valence-corrected chi connectivity index (χ4v) is 2.60. The molecule has 0 unspecified atom stereocenters. The highest BCUT2D eigenvalue weighted by Gasteiger charge is 2.48. The van der Waals surface area contributed by atoms with Gasteiger partial charge in [-0.1, -0.05) is 0 Å². The van der Waals surface area contributed by atoms with E-state index in [0.29, 0.717) is 5.39 Å². The van der Waals surface area contributed by atoms with E-state index in [1.54, 1.807) is 0 Å². The molecular formula is C16H16O10. The third kappa shape index (κ3) is 3.22. The fraction of sp³-hybridized carbons (Fsp3) is 0.375. The number of carboxylic acids is 1. The maximum atomic E-state index is 11.4. The van der Waals surface area contributed by atoms with Gasteiger partial charge in [-0.05, 0) is 12.1 Å². The molecule has 3 rings (SSSR count). The molecule has 1 fully saturated rings. The lowest BCUT2D eigenvalue weighted by atomic mass is 9.99. The molecule has 0 radical (unpaired) electrons. The molecule has 0 spiro atoms. The van der Waals surface area contributed by atoms with Gasteiger partial charge in [0.1, 0.15) is 23.9 Å². The van der Waals surface area contributed by atoms with Gasteiger partial charge in [0.05, 0.1) is 7.11 Å². The van der Waals surface area contributed by atoms with Gasteiger partial charge in [0, 0.05) is 17.5 Å². The summed E-state index contributed by atoms with van der Waals surface area (Å²) in [5, 5.41) is 39.1. The Morgan fingerprint density at radius 3 is 2.46 bits per heavy atom. The lowest BCUT2D eigenvalue weighted by Crippen LogP contribution is -2.61. The summed E-state index contributed by atoms with van der Waals surface area (Å²) in [6.07, 6.45) is -8.79. The first kappa shape index (κ1) is 18.1. The Hall–Kier alpha value is -2.66. The predicted octanol–water partition coefficient (Wildman–Crippen LogP) is -0.927. The van der Waals surface area contributed by atoms with Crippen molar-refractivity contribution in [3.8, 4) is 11.5 Å². The van der Waals surface area contributed by atoms with Gasteiger partial charge in [0.25, 0.3) is 0 Å². The van der Waals surface area contributed by atoms with Crippen LogP contribution in [0.4, 0.5) is 0 Å². The van der Waals surface area contributed by atoms with Crippen LogP contribution in [0.5, 0.6) is 11.5 Å². The Balaban J connectivity index is 1.96. The van der Waals surface area contributed by atoms with Crippen LogP contribution in [-0.4, -0.2) is 64.2 Å². The monoisotopic (exact) mass is 368 g/mol. The largest absolute Gasteiger partial charge is 0.493 e. The van der Waals surface area contributed by atoms with Gasteiger partial charge in [0.2, 0.25) is 6.29 Å². The molecule has 0 saturated carbocycles. The molecule has 2 heterocycles. The standard InChI is InChI=1S/C16H16O10/c1-23-8-4-6-2-3-10(17)24-7(6)5-9(8)25-16-13(20)11(18)12(19)14(26-16)15(21)22/h2-5,11-14,16,18-20H,1H3,(H,21,22)/t11-,12-,13-,14-,16+/m0/s1. The van der Waals surface area contributed by atoms with Crippen LogP contribution in [0.25, 0.3) is 11.0 Å². The Morgan fingerprint density at radius 1 is 1.08 bits per heavy atom. The Labute approximate surface area is 145 Å². The number of aliphatic hydroxyl groups is 3. The first-order valence-corrected chi connectivity index (χ1v) is 7.53. The molecular weight excluding hydrogens is 352 g/mol. The van der Waals surface area contributed by atoms with Crippen molar-refractivity contribution in [2.45, 2.75) is 30.7 Å². The summed E-state index contributed by atoms with van der Waals surface area (Å²) < 4.78 is 20.7. The zero-order chi connectivity index (χ0) is 19.0. The van der Waals surface area contributed by atoms with Crippen molar-refractivity contribution in [3.05, 3.63) is 34.7 Å². The molecule has 10 nitrogen and oxygen atoms in total. The number of hydrogen-bond donors (Lipinski definition) is 4. The van der Waals surface area contributed by atoms with Crippen molar-refractivity contribution in [1.82, 2.24) is 0 Å². The van der Waals surface area contributed by atoms with E-state index < -0.39 is 42.3 Å². The van der Waals surface area contributed by atoms with Crippen molar-refractivity contribution >= 4 is 16.9 Å². The molecule has 1 aromatic carbocycles. The van der Waals surface area contributed by atoms with Gasteiger partial charge in [-0.15, -0.1) is 0 Å². The summed E-state index contributed by atoms with van der Waals surface area (Å²) in [5.74, 6) is -1.37. The number of fused-ring (bicyclic) bond motifs is 1. The van der Waals surface area contributed by atoms with E-state index in [1.165, 1.54) is 31.4 Å². The number of aliphatic carboxylic acids is 1. The van der Waals surface area contributed by atoms with Gasteiger partial charge in [-0.2, -0.15) is 0 Å². The summed E-state index contributed by atoms with van der Waals surface area (Å²) in [4.78, 5) is 22.5. The topological polar surface area (TPSA) is 156 Å². The average Bonchev–Trinajstić information content (AvgIpc) is 2.61. The number of hydrogen-bond acceptors (Lipinski definition) is 9. The van der Waals surface area contributed by atoms with Crippen LogP contribution in [0.2, 0.25) is 0 Å². The molecule has 2 aromatic rings. The lowest BCUT2D eigenvalue weighted by molar-refractivity contribution is -0.271. The van der Waals surface area contributed by atoms with Gasteiger partial charge < -0.3 is 39.1 Å². The molecule has 1 saturated heterocycles. The van der Waals surface area contributed by atoms with E-state index in [4.69, 9.17) is 23.7 Å². The molecule has 10 heteroatoms. The minimum Gasteiger partial charge on any atom is -0.493 e. The third-order valence-electron chi connectivity index (χ3n) is 3.96. The summed E-state index contributed by atoms with van der Waals surface area (Å²) in [5.41, 5.74) is -0.430.